The van der Waals surface area contributed by atoms with Crippen LogP contribution in [0.2, 0.25) is 0 Å². The van der Waals surface area contributed by atoms with E-state index >= 15 is 0 Å². The number of primary amides is 1. The Balaban J connectivity index is 1.73. The molecule has 0 radical (unpaired) electrons. The summed E-state index contributed by atoms with van der Waals surface area (Å²) in [5.74, 6) is -0.307. The molecule has 2 N–H and O–H groups in total. The number of anilines is 1. The predicted octanol–water partition coefficient (Wildman–Crippen LogP) is 2.30. The molecule has 0 saturated carbocycles. The molecule has 5 heteroatoms. The maximum absolute atomic E-state index is 12.1. The second-order valence-electron chi connectivity index (χ2n) is 6.25. The van der Waals surface area contributed by atoms with Gasteiger partial charge in [-0.3, -0.25) is 9.69 Å². The largest absolute Gasteiger partial charge is 0.370 e. The van der Waals surface area contributed by atoms with Crippen molar-refractivity contribution in [3.05, 3.63) is 65.7 Å². The van der Waals surface area contributed by atoms with Gasteiger partial charge in [-0.2, -0.15) is 5.26 Å². The van der Waals surface area contributed by atoms with Crippen LogP contribution in [0.4, 0.5) is 5.69 Å². The van der Waals surface area contributed by atoms with Gasteiger partial charge in [0.25, 0.3) is 0 Å². The van der Waals surface area contributed by atoms with Gasteiger partial charge in [0, 0.05) is 31.9 Å². The zero-order chi connectivity index (χ0) is 17.6. The topological polar surface area (TPSA) is 73.4 Å². The molecule has 0 bridgehead atoms. The Morgan fingerprint density at radius 1 is 1.00 bits per heavy atom. The molecule has 128 valence electrons. The van der Waals surface area contributed by atoms with Crippen LogP contribution in [0.3, 0.4) is 0 Å². The molecular weight excluding hydrogens is 312 g/mol. The van der Waals surface area contributed by atoms with Crippen molar-refractivity contribution in [2.24, 2.45) is 5.73 Å². The van der Waals surface area contributed by atoms with E-state index in [1.54, 1.807) is 0 Å². The maximum Gasteiger partial charge on any atom is 0.239 e. The van der Waals surface area contributed by atoms with E-state index in [1.807, 2.05) is 54.6 Å². The van der Waals surface area contributed by atoms with E-state index in [0.717, 1.165) is 43.9 Å². The number of nitrogens with two attached hydrogens (primary N) is 1. The Bertz CT molecular complexity index is 752. The molecule has 1 saturated heterocycles. The first-order valence-electron chi connectivity index (χ1n) is 8.52. The molecule has 2 aromatic carbocycles. The van der Waals surface area contributed by atoms with Crippen LogP contribution in [-0.4, -0.2) is 37.0 Å². The van der Waals surface area contributed by atoms with Gasteiger partial charge in [0.2, 0.25) is 5.91 Å². The van der Waals surface area contributed by atoms with Crippen molar-refractivity contribution in [3.8, 4) is 6.07 Å². The van der Waals surface area contributed by atoms with Crippen molar-refractivity contribution >= 4 is 11.6 Å². The van der Waals surface area contributed by atoms with Gasteiger partial charge in [-0.1, -0.05) is 30.3 Å². The van der Waals surface area contributed by atoms with Gasteiger partial charge in [-0.25, -0.2) is 0 Å². The Kier molecular flexibility index (Phi) is 5.32. The van der Waals surface area contributed by atoms with Crippen molar-refractivity contribution in [3.63, 3.8) is 0 Å². The SMILES string of the molecule is N#Cc1ccc(N2CCCN([C@H](C(N)=O)c3ccccc3)CC2)cc1. The molecule has 0 aromatic heterocycles. The zero-order valence-corrected chi connectivity index (χ0v) is 14.1. The highest BCUT2D eigenvalue weighted by Crippen LogP contribution is 2.24. The summed E-state index contributed by atoms with van der Waals surface area (Å²) in [6, 6.07) is 19.1. The summed E-state index contributed by atoms with van der Waals surface area (Å²) < 4.78 is 0. The average Bonchev–Trinajstić information content (AvgIpc) is 2.89. The minimum Gasteiger partial charge on any atom is -0.370 e. The molecule has 1 aliphatic rings. The van der Waals surface area contributed by atoms with E-state index in [-0.39, 0.29) is 11.9 Å². The van der Waals surface area contributed by atoms with E-state index in [9.17, 15) is 4.79 Å². The first-order valence-corrected chi connectivity index (χ1v) is 8.52. The van der Waals surface area contributed by atoms with Crippen molar-refractivity contribution in [1.82, 2.24) is 4.90 Å². The van der Waals surface area contributed by atoms with Gasteiger partial charge in [-0.05, 0) is 36.2 Å². The summed E-state index contributed by atoms with van der Waals surface area (Å²) >= 11 is 0. The van der Waals surface area contributed by atoms with Gasteiger partial charge in [0.05, 0.1) is 11.6 Å². The summed E-state index contributed by atoms with van der Waals surface area (Å²) in [6.07, 6.45) is 0.955. The smallest absolute Gasteiger partial charge is 0.239 e. The summed E-state index contributed by atoms with van der Waals surface area (Å²) in [4.78, 5) is 16.5. The van der Waals surface area contributed by atoms with E-state index in [2.05, 4.69) is 15.9 Å². The molecule has 0 spiro atoms. The van der Waals surface area contributed by atoms with Gasteiger partial charge < -0.3 is 10.6 Å². The average molecular weight is 334 g/mol. The molecular formula is C20H22N4O. The molecule has 1 amide bonds. The van der Waals surface area contributed by atoms with E-state index in [4.69, 9.17) is 11.0 Å². The first kappa shape index (κ1) is 17.0. The minimum absolute atomic E-state index is 0.307. The molecule has 1 heterocycles. The van der Waals surface area contributed by atoms with Crippen molar-refractivity contribution < 1.29 is 4.79 Å². The minimum atomic E-state index is -0.387. The second-order valence-corrected chi connectivity index (χ2v) is 6.25. The lowest BCUT2D eigenvalue weighted by Crippen LogP contribution is -2.40. The van der Waals surface area contributed by atoms with E-state index < -0.39 is 0 Å². The summed E-state index contributed by atoms with van der Waals surface area (Å²) in [7, 11) is 0. The molecule has 25 heavy (non-hydrogen) atoms. The summed E-state index contributed by atoms with van der Waals surface area (Å²) in [5, 5.41) is 8.93. The maximum atomic E-state index is 12.1. The Morgan fingerprint density at radius 2 is 1.72 bits per heavy atom. The monoisotopic (exact) mass is 334 g/mol. The fourth-order valence-corrected chi connectivity index (χ4v) is 3.39. The number of nitriles is 1. The molecule has 5 nitrogen and oxygen atoms in total. The Hall–Kier alpha value is -2.84. The molecule has 1 fully saturated rings. The van der Waals surface area contributed by atoms with Crippen LogP contribution in [0.5, 0.6) is 0 Å². The normalized spacial score (nSPS) is 16.7. The highest BCUT2D eigenvalue weighted by atomic mass is 16.1. The fraction of sp³-hybridized carbons (Fsp3) is 0.300. The predicted molar refractivity (Wildman–Crippen MR) is 97.9 cm³/mol. The third-order valence-corrected chi connectivity index (χ3v) is 4.64. The van der Waals surface area contributed by atoms with E-state index in [0.29, 0.717) is 5.56 Å². The highest BCUT2D eigenvalue weighted by Gasteiger charge is 2.27. The second kappa shape index (κ2) is 7.82. The lowest BCUT2D eigenvalue weighted by atomic mass is 10.0. The van der Waals surface area contributed by atoms with Crippen LogP contribution in [0.25, 0.3) is 0 Å². The van der Waals surface area contributed by atoms with Crippen LogP contribution < -0.4 is 10.6 Å². The molecule has 1 aliphatic heterocycles. The summed E-state index contributed by atoms with van der Waals surface area (Å²) in [6.45, 7) is 3.34. The number of nitrogens with zero attached hydrogens (tertiary/aromatic N) is 3. The molecule has 0 aliphatic carbocycles. The van der Waals surface area contributed by atoms with Crippen LogP contribution >= 0.6 is 0 Å². The first-order chi connectivity index (χ1) is 12.2. The lowest BCUT2D eigenvalue weighted by Gasteiger charge is -2.29. The molecule has 3 rings (SSSR count). The van der Waals surface area contributed by atoms with Gasteiger partial charge >= 0.3 is 0 Å². The van der Waals surface area contributed by atoms with Crippen LogP contribution in [0, 0.1) is 11.3 Å². The van der Waals surface area contributed by atoms with Crippen LogP contribution in [-0.2, 0) is 4.79 Å². The molecule has 2 aromatic rings. The quantitative estimate of drug-likeness (QED) is 0.931. The fourth-order valence-electron chi connectivity index (χ4n) is 3.39. The van der Waals surface area contributed by atoms with Gasteiger partial charge in [0.1, 0.15) is 6.04 Å². The molecule has 1 atom stereocenters. The third-order valence-electron chi connectivity index (χ3n) is 4.64. The highest BCUT2D eigenvalue weighted by molar-refractivity contribution is 5.81. The number of carbonyl (C=O) groups is 1. The summed E-state index contributed by atoms with van der Waals surface area (Å²) in [5.41, 5.74) is 8.42. The number of benzene rings is 2. The van der Waals surface area contributed by atoms with Gasteiger partial charge in [-0.15, -0.1) is 0 Å². The van der Waals surface area contributed by atoms with Crippen molar-refractivity contribution in [2.75, 3.05) is 31.1 Å². The van der Waals surface area contributed by atoms with E-state index in [1.165, 1.54) is 0 Å². The molecule has 0 unspecified atom stereocenters. The van der Waals surface area contributed by atoms with Crippen molar-refractivity contribution in [2.45, 2.75) is 12.5 Å². The third kappa shape index (κ3) is 3.98. The lowest BCUT2D eigenvalue weighted by molar-refractivity contribution is -0.123. The van der Waals surface area contributed by atoms with Crippen molar-refractivity contribution in [1.29, 1.82) is 5.26 Å². The van der Waals surface area contributed by atoms with Crippen LogP contribution in [0.1, 0.15) is 23.6 Å². The Morgan fingerprint density at radius 3 is 2.36 bits per heavy atom. The van der Waals surface area contributed by atoms with Gasteiger partial charge in [0.15, 0.2) is 0 Å². The number of rotatable bonds is 4. The number of hydrogen-bond acceptors (Lipinski definition) is 4. The van der Waals surface area contributed by atoms with Crippen LogP contribution in [0.15, 0.2) is 54.6 Å². The number of hydrogen-bond donors (Lipinski definition) is 1. The Labute approximate surface area is 148 Å². The standard InChI is InChI=1S/C20H22N4O/c21-15-16-7-9-18(10-8-16)23-11-4-12-24(14-13-23)19(20(22)25)17-5-2-1-3-6-17/h1-3,5-10,19H,4,11-14H2,(H2,22,25)/t19-/m0/s1. The number of amides is 1. The zero-order valence-electron chi connectivity index (χ0n) is 14.1. The number of carbonyl (C=O) groups excluding carboxylic acids is 1.